The van der Waals surface area contributed by atoms with E-state index in [0.717, 1.165) is 21.0 Å². The number of thiophene rings is 1. The molecule has 2 aromatic rings. The van der Waals surface area contributed by atoms with Gasteiger partial charge in [0.1, 0.15) is 0 Å². The van der Waals surface area contributed by atoms with E-state index in [-0.39, 0.29) is 6.61 Å². The van der Waals surface area contributed by atoms with Crippen LogP contribution < -0.4 is 0 Å². The number of fused-ring (bicyclic) bond motifs is 1. The summed E-state index contributed by atoms with van der Waals surface area (Å²) in [4.78, 5) is 0. The Balaban J connectivity index is 2.81. The van der Waals surface area contributed by atoms with Gasteiger partial charge < -0.3 is 5.11 Å². The third kappa shape index (κ3) is 1.58. The molecule has 0 saturated heterocycles. The predicted molar refractivity (Wildman–Crippen MR) is 65.0 cm³/mol. The zero-order chi connectivity index (χ0) is 10.1. The Bertz CT molecular complexity index is 466. The zero-order valence-electron chi connectivity index (χ0n) is 7.26. The molecule has 0 spiro atoms. The van der Waals surface area contributed by atoms with Crippen molar-refractivity contribution in [2.75, 3.05) is 0 Å². The maximum Gasteiger partial charge on any atom is 0.0699 e. The van der Waals surface area contributed by atoms with E-state index in [1.807, 2.05) is 17.5 Å². The van der Waals surface area contributed by atoms with Gasteiger partial charge in [0.2, 0.25) is 0 Å². The van der Waals surface area contributed by atoms with Crippen molar-refractivity contribution in [3.05, 3.63) is 33.1 Å². The average Bonchev–Trinajstić information content (AvgIpc) is 2.65. The molecule has 1 heterocycles. The topological polar surface area (TPSA) is 20.2 Å². The molecule has 0 fully saturated rings. The van der Waals surface area contributed by atoms with Crippen LogP contribution in [0.5, 0.6) is 0 Å². The van der Waals surface area contributed by atoms with Crippen LogP contribution in [0.3, 0.4) is 0 Å². The number of aliphatic hydroxyl groups excluding tert-OH is 1. The molecule has 1 aromatic carbocycles. The summed E-state index contributed by atoms with van der Waals surface area (Å²) in [6.45, 7) is 0.0520. The molecule has 0 aliphatic carbocycles. The standard InChI is InChI=1S/C10H8BrClOS/c11-9-3-6(4-12)10-7(1-2-14-10)8(9)5-13/h1-3,13H,4-5H2. The Kier molecular flexibility index (Phi) is 3.12. The second-order valence-corrected chi connectivity index (χ2v) is 4.99. The SMILES string of the molecule is OCc1c(Br)cc(CCl)c2sccc12. The molecule has 74 valence electrons. The van der Waals surface area contributed by atoms with Crippen molar-refractivity contribution in [3.63, 3.8) is 0 Å². The number of hydrogen-bond acceptors (Lipinski definition) is 2. The predicted octanol–water partition coefficient (Wildman–Crippen LogP) is 3.89. The van der Waals surface area contributed by atoms with Crippen molar-refractivity contribution < 1.29 is 5.11 Å². The second kappa shape index (κ2) is 4.19. The van der Waals surface area contributed by atoms with Gasteiger partial charge in [-0.25, -0.2) is 0 Å². The lowest BCUT2D eigenvalue weighted by molar-refractivity contribution is 0.282. The molecule has 4 heteroatoms. The summed E-state index contributed by atoms with van der Waals surface area (Å²) in [5.41, 5.74) is 2.05. The van der Waals surface area contributed by atoms with E-state index < -0.39 is 0 Å². The molecule has 0 amide bonds. The highest BCUT2D eigenvalue weighted by molar-refractivity contribution is 9.10. The lowest BCUT2D eigenvalue weighted by atomic mass is 10.1. The van der Waals surface area contributed by atoms with Crippen LogP contribution in [0.25, 0.3) is 10.1 Å². The van der Waals surface area contributed by atoms with Crippen LogP contribution >= 0.6 is 38.9 Å². The Morgan fingerprint density at radius 2 is 2.29 bits per heavy atom. The van der Waals surface area contributed by atoms with Crippen molar-refractivity contribution in [1.82, 2.24) is 0 Å². The highest BCUT2D eigenvalue weighted by Gasteiger charge is 2.10. The van der Waals surface area contributed by atoms with E-state index in [2.05, 4.69) is 15.9 Å². The van der Waals surface area contributed by atoms with Gasteiger partial charge in [-0.15, -0.1) is 22.9 Å². The normalized spacial score (nSPS) is 11.1. The van der Waals surface area contributed by atoms with Crippen LogP contribution in [0.2, 0.25) is 0 Å². The maximum absolute atomic E-state index is 9.24. The van der Waals surface area contributed by atoms with Crippen molar-refractivity contribution in [3.8, 4) is 0 Å². The van der Waals surface area contributed by atoms with E-state index in [1.54, 1.807) is 11.3 Å². The summed E-state index contributed by atoms with van der Waals surface area (Å²) in [6.07, 6.45) is 0. The summed E-state index contributed by atoms with van der Waals surface area (Å²) in [7, 11) is 0. The van der Waals surface area contributed by atoms with E-state index in [1.165, 1.54) is 4.70 Å². The van der Waals surface area contributed by atoms with Crippen LogP contribution in [0, 0.1) is 0 Å². The molecular weight excluding hydrogens is 284 g/mol. The van der Waals surface area contributed by atoms with Gasteiger partial charge in [0.25, 0.3) is 0 Å². The van der Waals surface area contributed by atoms with Gasteiger partial charge in [-0.1, -0.05) is 15.9 Å². The Morgan fingerprint density at radius 3 is 2.93 bits per heavy atom. The average molecular weight is 292 g/mol. The molecule has 0 atom stereocenters. The van der Waals surface area contributed by atoms with Crippen molar-refractivity contribution in [2.24, 2.45) is 0 Å². The molecule has 1 aromatic heterocycles. The smallest absolute Gasteiger partial charge is 0.0699 e. The Labute approximate surface area is 99.4 Å². The van der Waals surface area contributed by atoms with Gasteiger partial charge >= 0.3 is 0 Å². The quantitative estimate of drug-likeness (QED) is 0.832. The fraction of sp³-hybridized carbons (Fsp3) is 0.200. The third-order valence-electron chi connectivity index (χ3n) is 2.17. The Hall–Kier alpha value is -0.0900. The molecule has 0 unspecified atom stereocenters. The van der Waals surface area contributed by atoms with Crippen LogP contribution in [-0.4, -0.2) is 5.11 Å². The van der Waals surface area contributed by atoms with Crippen LogP contribution in [0.15, 0.2) is 22.0 Å². The fourth-order valence-corrected chi connectivity index (χ4v) is 3.34. The number of benzene rings is 1. The van der Waals surface area contributed by atoms with Gasteiger partial charge in [-0.05, 0) is 28.5 Å². The first-order valence-electron chi connectivity index (χ1n) is 4.12. The number of hydrogen-bond donors (Lipinski definition) is 1. The Morgan fingerprint density at radius 1 is 1.50 bits per heavy atom. The first kappa shape index (κ1) is 10.4. The summed E-state index contributed by atoms with van der Waals surface area (Å²) >= 11 is 11.0. The molecule has 0 radical (unpaired) electrons. The molecule has 1 nitrogen and oxygen atoms in total. The minimum absolute atomic E-state index is 0.0520. The summed E-state index contributed by atoms with van der Waals surface area (Å²) in [6, 6.07) is 4.00. The van der Waals surface area contributed by atoms with Gasteiger partial charge in [-0.2, -0.15) is 0 Å². The number of halogens is 2. The number of rotatable bonds is 2. The van der Waals surface area contributed by atoms with Gasteiger partial charge in [0.15, 0.2) is 0 Å². The monoisotopic (exact) mass is 290 g/mol. The van der Waals surface area contributed by atoms with E-state index in [4.69, 9.17) is 11.6 Å². The van der Waals surface area contributed by atoms with Crippen molar-refractivity contribution in [1.29, 1.82) is 0 Å². The molecule has 0 aliphatic rings. The third-order valence-corrected chi connectivity index (χ3v) is 4.16. The second-order valence-electron chi connectivity index (χ2n) is 2.95. The van der Waals surface area contributed by atoms with Gasteiger partial charge in [-0.3, -0.25) is 0 Å². The van der Waals surface area contributed by atoms with Gasteiger partial charge in [0, 0.05) is 20.6 Å². The fourth-order valence-electron chi connectivity index (χ4n) is 1.49. The molecule has 0 aliphatic heterocycles. The minimum atomic E-state index is 0.0520. The van der Waals surface area contributed by atoms with Crippen LogP contribution in [0.1, 0.15) is 11.1 Å². The van der Waals surface area contributed by atoms with E-state index in [0.29, 0.717) is 5.88 Å². The number of alkyl halides is 1. The highest BCUT2D eigenvalue weighted by atomic mass is 79.9. The van der Waals surface area contributed by atoms with E-state index in [9.17, 15) is 5.11 Å². The summed E-state index contributed by atoms with van der Waals surface area (Å²) in [5, 5.41) is 12.4. The minimum Gasteiger partial charge on any atom is -0.392 e. The molecule has 0 saturated carbocycles. The summed E-state index contributed by atoms with van der Waals surface area (Å²) < 4.78 is 2.11. The maximum atomic E-state index is 9.24. The van der Waals surface area contributed by atoms with Crippen LogP contribution in [-0.2, 0) is 12.5 Å². The molecule has 2 rings (SSSR count). The first-order chi connectivity index (χ1) is 6.77. The van der Waals surface area contributed by atoms with Gasteiger partial charge in [0.05, 0.1) is 6.61 Å². The van der Waals surface area contributed by atoms with Crippen LogP contribution in [0.4, 0.5) is 0 Å². The molecular formula is C10H8BrClOS. The number of aliphatic hydroxyl groups is 1. The molecule has 1 N–H and O–H groups in total. The highest BCUT2D eigenvalue weighted by Crippen LogP contribution is 2.34. The van der Waals surface area contributed by atoms with E-state index >= 15 is 0 Å². The largest absolute Gasteiger partial charge is 0.392 e. The van der Waals surface area contributed by atoms with Crippen molar-refractivity contribution in [2.45, 2.75) is 12.5 Å². The molecule has 0 bridgehead atoms. The molecule has 14 heavy (non-hydrogen) atoms. The van der Waals surface area contributed by atoms with Crippen molar-refractivity contribution >= 4 is 49.0 Å². The summed E-state index contributed by atoms with van der Waals surface area (Å²) in [5.74, 6) is 0.501. The lowest BCUT2D eigenvalue weighted by Gasteiger charge is -2.06. The lowest BCUT2D eigenvalue weighted by Crippen LogP contribution is -1.89. The zero-order valence-corrected chi connectivity index (χ0v) is 10.4. The first-order valence-corrected chi connectivity index (χ1v) is 6.33.